The van der Waals surface area contributed by atoms with Gasteiger partial charge in [-0.25, -0.2) is 9.67 Å². The number of hydrogen-bond donors (Lipinski definition) is 1. The number of rotatable bonds is 5. The molecule has 0 aliphatic carbocycles. The van der Waals surface area contributed by atoms with Gasteiger partial charge in [0, 0.05) is 30.3 Å². The van der Waals surface area contributed by atoms with E-state index >= 15 is 0 Å². The molecule has 1 aliphatic rings. The maximum Gasteiger partial charge on any atom is 0.274 e. The molecule has 1 saturated heterocycles. The summed E-state index contributed by atoms with van der Waals surface area (Å²) in [6.45, 7) is 6.63. The molecule has 1 amide bonds. The third-order valence-electron chi connectivity index (χ3n) is 4.99. The Bertz CT molecular complexity index is 1040. The molecule has 3 heterocycles. The van der Waals surface area contributed by atoms with Crippen molar-refractivity contribution in [3.8, 4) is 5.69 Å². The second kappa shape index (κ2) is 8.93. The van der Waals surface area contributed by atoms with Crippen LogP contribution in [0.3, 0.4) is 0 Å². The highest BCUT2D eigenvalue weighted by Gasteiger charge is 2.19. The van der Waals surface area contributed by atoms with E-state index in [4.69, 9.17) is 4.74 Å². The average molecular weight is 471 g/mol. The molecule has 30 heavy (non-hydrogen) atoms. The number of pyridine rings is 1. The van der Waals surface area contributed by atoms with Crippen LogP contribution >= 0.6 is 15.9 Å². The molecular formula is C21H23BrN6O2. The van der Waals surface area contributed by atoms with Gasteiger partial charge < -0.3 is 15.0 Å². The molecule has 0 spiro atoms. The first-order chi connectivity index (χ1) is 14.5. The van der Waals surface area contributed by atoms with Crippen molar-refractivity contribution in [1.29, 1.82) is 0 Å². The van der Waals surface area contributed by atoms with Crippen LogP contribution in [-0.2, 0) is 11.3 Å². The van der Waals surface area contributed by atoms with E-state index in [1.54, 1.807) is 10.9 Å². The summed E-state index contributed by atoms with van der Waals surface area (Å²) in [5.74, 6) is 0.660. The summed E-state index contributed by atoms with van der Waals surface area (Å²) in [6, 6.07) is 11.6. The number of anilines is 1. The zero-order valence-electron chi connectivity index (χ0n) is 16.9. The molecule has 156 valence electrons. The summed E-state index contributed by atoms with van der Waals surface area (Å²) >= 11 is 3.45. The Morgan fingerprint density at radius 3 is 2.93 bits per heavy atom. The van der Waals surface area contributed by atoms with Gasteiger partial charge in [0.25, 0.3) is 5.91 Å². The number of morpholine rings is 1. The summed E-state index contributed by atoms with van der Waals surface area (Å²) in [7, 11) is 0. The minimum atomic E-state index is -0.264. The summed E-state index contributed by atoms with van der Waals surface area (Å²) in [4.78, 5) is 19.4. The maximum absolute atomic E-state index is 12.6. The van der Waals surface area contributed by atoms with Crippen molar-refractivity contribution in [2.24, 2.45) is 0 Å². The van der Waals surface area contributed by atoms with Crippen LogP contribution < -0.4 is 10.2 Å². The highest BCUT2D eigenvalue weighted by Crippen LogP contribution is 2.18. The molecule has 0 saturated carbocycles. The molecule has 3 aromatic rings. The van der Waals surface area contributed by atoms with E-state index in [0.29, 0.717) is 24.5 Å². The van der Waals surface area contributed by atoms with Gasteiger partial charge in [0.05, 0.1) is 24.1 Å². The molecule has 2 aromatic heterocycles. The summed E-state index contributed by atoms with van der Waals surface area (Å²) < 4.78 is 8.16. The lowest BCUT2D eigenvalue weighted by Gasteiger charge is -2.32. The van der Waals surface area contributed by atoms with Crippen molar-refractivity contribution in [1.82, 2.24) is 25.3 Å². The van der Waals surface area contributed by atoms with E-state index in [-0.39, 0.29) is 12.0 Å². The Kier molecular flexibility index (Phi) is 6.10. The van der Waals surface area contributed by atoms with Gasteiger partial charge in [-0.05, 0) is 43.7 Å². The lowest BCUT2D eigenvalue weighted by molar-refractivity contribution is 0.0529. The number of nitrogens with zero attached hydrogens (tertiary/aromatic N) is 5. The normalized spacial score (nSPS) is 16.5. The molecule has 0 bridgehead atoms. The molecule has 1 aliphatic heterocycles. The number of aromatic nitrogens is 4. The van der Waals surface area contributed by atoms with Crippen molar-refractivity contribution < 1.29 is 9.53 Å². The lowest BCUT2D eigenvalue weighted by atomic mass is 10.2. The molecule has 9 heteroatoms. The van der Waals surface area contributed by atoms with Crippen molar-refractivity contribution in [2.75, 3.05) is 24.6 Å². The number of nitrogens with one attached hydrogen (secondary N) is 1. The first-order valence-corrected chi connectivity index (χ1v) is 10.6. The number of benzene rings is 1. The van der Waals surface area contributed by atoms with Crippen molar-refractivity contribution in [3.05, 3.63) is 64.0 Å². The van der Waals surface area contributed by atoms with E-state index in [1.807, 2.05) is 43.3 Å². The second-order valence-electron chi connectivity index (χ2n) is 7.25. The third-order valence-corrected chi connectivity index (χ3v) is 5.48. The summed E-state index contributed by atoms with van der Waals surface area (Å²) in [5.41, 5.74) is 2.75. The minimum absolute atomic E-state index is 0.202. The zero-order valence-corrected chi connectivity index (χ0v) is 18.5. The number of halogens is 1. The SMILES string of the molecule is Cc1c(C(=O)NCc2ccc(N3CCOC(C)C3)nc2)nnn1-c1cccc(Br)c1. The van der Waals surface area contributed by atoms with Crippen molar-refractivity contribution >= 4 is 27.7 Å². The zero-order chi connectivity index (χ0) is 21.1. The van der Waals surface area contributed by atoms with Gasteiger partial charge >= 0.3 is 0 Å². The Morgan fingerprint density at radius 2 is 2.20 bits per heavy atom. The number of ether oxygens (including phenoxy) is 1. The molecule has 1 aromatic carbocycles. The van der Waals surface area contributed by atoms with Crippen molar-refractivity contribution in [2.45, 2.75) is 26.5 Å². The molecule has 8 nitrogen and oxygen atoms in total. The van der Waals surface area contributed by atoms with Crippen LogP contribution in [0.5, 0.6) is 0 Å². The summed E-state index contributed by atoms with van der Waals surface area (Å²) in [6.07, 6.45) is 1.99. The Labute approximate surface area is 183 Å². The Hall–Kier alpha value is -2.78. The molecule has 1 unspecified atom stereocenters. The number of carbonyl (C=O) groups excluding carboxylic acids is 1. The van der Waals surface area contributed by atoms with Gasteiger partial charge in [0.2, 0.25) is 0 Å². The standard InChI is InChI=1S/C21H23BrN6O2/c1-14-13-27(8-9-30-14)19-7-6-16(11-23-19)12-24-21(29)20-15(2)28(26-25-20)18-5-3-4-17(22)10-18/h3-7,10-11,14H,8-9,12-13H2,1-2H3,(H,24,29). The number of carbonyl (C=O) groups is 1. The smallest absolute Gasteiger partial charge is 0.274 e. The Balaban J connectivity index is 1.39. The van der Waals surface area contributed by atoms with Crippen LogP contribution in [0.1, 0.15) is 28.7 Å². The van der Waals surface area contributed by atoms with Crippen LogP contribution in [0.25, 0.3) is 5.69 Å². The highest BCUT2D eigenvalue weighted by molar-refractivity contribution is 9.10. The quantitative estimate of drug-likeness (QED) is 0.616. The molecular weight excluding hydrogens is 448 g/mol. The number of hydrogen-bond acceptors (Lipinski definition) is 6. The van der Waals surface area contributed by atoms with Gasteiger partial charge in [-0.15, -0.1) is 5.10 Å². The lowest BCUT2D eigenvalue weighted by Crippen LogP contribution is -2.41. The van der Waals surface area contributed by atoms with Crippen LogP contribution in [0.2, 0.25) is 0 Å². The topological polar surface area (TPSA) is 85.2 Å². The van der Waals surface area contributed by atoms with Gasteiger partial charge in [0.15, 0.2) is 5.69 Å². The number of amides is 1. The first kappa shape index (κ1) is 20.5. The largest absolute Gasteiger partial charge is 0.375 e. The van der Waals surface area contributed by atoms with Crippen LogP contribution in [-0.4, -0.2) is 51.7 Å². The van der Waals surface area contributed by atoms with E-state index in [0.717, 1.165) is 34.6 Å². The van der Waals surface area contributed by atoms with E-state index in [2.05, 4.69) is 48.4 Å². The summed E-state index contributed by atoms with van der Waals surface area (Å²) in [5, 5.41) is 11.1. The highest BCUT2D eigenvalue weighted by atomic mass is 79.9. The minimum Gasteiger partial charge on any atom is -0.375 e. The fourth-order valence-corrected chi connectivity index (χ4v) is 3.78. The first-order valence-electron chi connectivity index (χ1n) is 9.79. The maximum atomic E-state index is 12.6. The second-order valence-corrected chi connectivity index (χ2v) is 8.17. The van der Waals surface area contributed by atoms with Gasteiger partial charge in [-0.1, -0.05) is 33.3 Å². The van der Waals surface area contributed by atoms with E-state index in [9.17, 15) is 4.79 Å². The van der Waals surface area contributed by atoms with E-state index in [1.165, 1.54) is 0 Å². The predicted molar refractivity (Wildman–Crippen MR) is 117 cm³/mol. The fourth-order valence-electron chi connectivity index (χ4n) is 3.39. The molecule has 0 radical (unpaired) electrons. The van der Waals surface area contributed by atoms with Gasteiger partial charge in [0.1, 0.15) is 5.82 Å². The molecule has 1 fully saturated rings. The molecule has 1 N–H and O–H groups in total. The van der Waals surface area contributed by atoms with Gasteiger partial charge in [-0.3, -0.25) is 4.79 Å². The fraction of sp³-hybridized carbons (Fsp3) is 0.333. The average Bonchev–Trinajstić information content (AvgIpc) is 3.14. The van der Waals surface area contributed by atoms with Crippen LogP contribution in [0.4, 0.5) is 5.82 Å². The van der Waals surface area contributed by atoms with Crippen LogP contribution in [0, 0.1) is 6.92 Å². The third kappa shape index (κ3) is 4.52. The van der Waals surface area contributed by atoms with E-state index < -0.39 is 0 Å². The molecule has 4 rings (SSSR count). The predicted octanol–water partition coefficient (Wildman–Crippen LogP) is 2.89. The van der Waals surface area contributed by atoms with Crippen molar-refractivity contribution in [3.63, 3.8) is 0 Å². The monoisotopic (exact) mass is 470 g/mol. The van der Waals surface area contributed by atoms with Crippen LogP contribution in [0.15, 0.2) is 47.1 Å². The Morgan fingerprint density at radius 1 is 1.33 bits per heavy atom. The van der Waals surface area contributed by atoms with Gasteiger partial charge in [-0.2, -0.15) is 0 Å². The molecule has 1 atom stereocenters.